The van der Waals surface area contributed by atoms with Crippen molar-refractivity contribution in [2.24, 2.45) is 5.92 Å². The van der Waals surface area contributed by atoms with Crippen LogP contribution in [0.25, 0.3) is 11.3 Å². The number of carbonyl (C=O) groups is 1. The Bertz CT molecular complexity index is 775. The van der Waals surface area contributed by atoms with Crippen molar-refractivity contribution in [1.82, 2.24) is 14.7 Å². The highest BCUT2D eigenvalue weighted by atomic mass is 16.2. The lowest BCUT2D eigenvalue weighted by molar-refractivity contribution is -0.130. The van der Waals surface area contributed by atoms with Crippen LogP contribution in [0.2, 0.25) is 0 Å². The van der Waals surface area contributed by atoms with E-state index in [1.54, 1.807) is 17.7 Å². The van der Waals surface area contributed by atoms with E-state index in [1.807, 2.05) is 42.2 Å². The summed E-state index contributed by atoms with van der Waals surface area (Å²) in [6, 6.07) is 11.6. The van der Waals surface area contributed by atoms with Crippen LogP contribution in [0.15, 0.2) is 41.2 Å². The summed E-state index contributed by atoms with van der Waals surface area (Å²) in [5, 5.41) is 4.61. The Balaban J connectivity index is 1.79. The zero-order valence-electron chi connectivity index (χ0n) is 14.2. The summed E-state index contributed by atoms with van der Waals surface area (Å²) in [5.41, 5.74) is 2.72. The molecule has 2 heterocycles. The Hall–Kier alpha value is -2.43. The molecule has 1 fully saturated rings. The first kappa shape index (κ1) is 16.4. The van der Waals surface area contributed by atoms with Crippen LogP contribution in [0.1, 0.15) is 25.3 Å². The summed E-state index contributed by atoms with van der Waals surface area (Å²) < 4.78 is 1.59. The number of nitrogens with zero attached hydrogens (tertiary/aromatic N) is 3. The SMILES string of the molecule is CC(=O)N1CCC(Cn2nc(-c3ccccc3)c(C)cc2=O)CC1. The number of rotatable bonds is 3. The minimum absolute atomic E-state index is 0.0545. The first-order valence-corrected chi connectivity index (χ1v) is 8.44. The summed E-state index contributed by atoms with van der Waals surface area (Å²) >= 11 is 0. The van der Waals surface area contributed by atoms with E-state index in [9.17, 15) is 9.59 Å². The van der Waals surface area contributed by atoms with E-state index in [2.05, 4.69) is 5.10 Å². The number of amides is 1. The van der Waals surface area contributed by atoms with Gasteiger partial charge in [-0.15, -0.1) is 0 Å². The van der Waals surface area contributed by atoms with Gasteiger partial charge in [-0.05, 0) is 31.2 Å². The highest BCUT2D eigenvalue weighted by Crippen LogP contribution is 2.21. The lowest BCUT2D eigenvalue weighted by atomic mass is 9.97. The van der Waals surface area contributed by atoms with Gasteiger partial charge in [0.15, 0.2) is 0 Å². The number of aryl methyl sites for hydroxylation is 1. The maximum Gasteiger partial charge on any atom is 0.267 e. The smallest absolute Gasteiger partial charge is 0.267 e. The molecule has 1 aliphatic rings. The van der Waals surface area contributed by atoms with E-state index in [0.717, 1.165) is 42.8 Å². The number of hydrogen-bond acceptors (Lipinski definition) is 3. The molecule has 3 rings (SSSR count). The van der Waals surface area contributed by atoms with Crippen molar-refractivity contribution in [2.75, 3.05) is 13.1 Å². The van der Waals surface area contributed by atoms with E-state index in [-0.39, 0.29) is 11.5 Å². The average Bonchev–Trinajstić information content (AvgIpc) is 2.58. The predicted octanol–water partition coefficient (Wildman–Crippen LogP) is 2.48. The van der Waals surface area contributed by atoms with Gasteiger partial charge >= 0.3 is 0 Å². The number of likely N-dealkylation sites (tertiary alicyclic amines) is 1. The Morgan fingerprint density at radius 3 is 2.50 bits per heavy atom. The molecule has 1 aromatic carbocycles. The standard InChI is InChI=1S/C19H23N3O2/c1-14-12-18(24)22(20-19(14)17-6-4-3-5-7-17)13-16-8-10-21(11-9-16)15(2)23/h3-7,12,16H,8-11,13H2,1-2H3. The third-order valence-corrected chi connectivity index (χ3v) is 4.73. The minimum Gasteiger partial charge on any atom is -0.343 e. The second kappa shape index (κ2) is 6.99. The highest BCUT2D eigenvalue weighted by Gasteiger charge is 2.22. The number of aromatic nitrogens is 2. The van der Waals surface area contributed by atoms with Crippen molar-refractivity contribution < 1.29 is 4.79 Å². The molecular formula is C19H23N3O2. The van der Waals surface area contributed by atoms with Crippen LogP contribution in [0, 0.1) is 12.8 Å². The van der Waals surface area contributed by atoms with Crippen LogP contribution in [0.5, 0.6) is 0 Å². The zero-order valence-corrected chi connectivity index (χ0v) is 14.2. The Kier molecular flexibility index (Phi) is 4.79. The lowest BCUT2D eigenvalue weighted by Gasteiger charge is -2.31. The number of hydrogen-bond donors (Lipinski definition) is 0. The van der Waals surface area contributed by atoms with E-state index >= 15 is 0 Å². The van der Waals surface area contributed by atoms with Crippen LogP contribution < -0.4 is 5.56 Å². The molecule has 1 aromatic heterocycles. The van der Waals surface area contributed by atoms with E-state index in [1.165, 1.54) is 0 Å². The third kappa shape index (κ3) is 3.55. The van der Waals surface area contributed by atoms with Crippen molar-refractivity contribution >= 4 is 5.91 Å². The second-order valence-electron chi connectivity index (χ2n) is 6.51. The van der Waals surface area contributed by atoms with E-state index in [4.69, 9.17) is 0 Å². The fraction of sp³-hybridized carbons (Fsp3) is 0.421. The highest BCUT2D eigenvalue weighted by molar-refractivity contribution is 5.73. The topological polar surface area (TPSA) is 55.2 Å². The second-order valence-corrected chi connectivity index (χ2v) is 6.51. The first-order valence-electron chi connectivity index (χ1n) is 8.44. The van der Waals surface area contributed by atoms with E-state index < -0.39 is 0 Å². The van der Waals surface area contributed by atoms with Gasteiger partial charge in [-0.1, -0.05) is 30.3 Å². The average molecular weight is 325 g/mol. The van der Waals surface area contributed by atoms with Crippen molar-refractivity contribution in [3.63, 3.8) is 0 Å². The van der Waals surface area contributed by atoms with Crippen LogP contribution in [-0.4, -0.2) is 33.7 Å². The molecule has 0 N–H and O–H groups in total. The molecule has 5 nitrogen and oxygen atoms in total. The fourth-order valence-corrected chi connectivity index (χ4v) is 3.26. The molecule has 1 amide bonds. The number of benzene rings is 1. The Morgan fingerprint density at radius 2 is 1.88 bits per heavy atom. The van der Waals surface area contributed by atoms with Gasteiger partial charge in [0.2, 0.25) is 5.91 Å². The zero-order chi connectivity index (χ0) is 17.1. The summed E-state index contributed by atoms with van der Waals surface area (Å²) in [5.74, 6) is 0.516. The van der Waals surface area contributed by atoms with Crippen molar-refractivity contribution in [2.45, 2.75) is 33.2 Å². The fourth-order valence-electron chi connectivity index (χ4n) is 3.26. The Morgan fingerprint density at radius 1 is 1.21 bits per heavy atom. The third-order valence-electron chi connectivity index (χ3n) is 4.73. The first-order chi connectivity index (χ1) is 11.5. The molecule has 0 saturated carbocycles. The quantitative estimate of drug-likeness (QED) is 0.871. The maximum atomic E-state index is 12.3. The van der Waals surface area contributed by atoms with Gasteiger partial charge in [0.05, 0.1) is 5.69 Å². The molecule has 0 bridgehead atoms. The van der Waals surface area contributed by atoms with Gasteiger partial charge in [-0.2, -0.15) is 5.10 Å². The predicted molar refractivity (Wildman–Crippen MR) is 93.6 cm³/mol. The molecule has 0 unspecified atom stereocenters. The maximum absolute atomic E-state index is 12.3. The molecular weight excluding hydrogens is 302 g/mol. The van der Waals surface area contributed by atoms with Crippen molar-refractivity contribution in [3.8, 4) is 11.3 Å². The Labute approximate surface area is 141 Å². The number of piperidine rings is 1. The minimum atomic E-state index is -0.0545. The lowest BCUT2D eigenvalue weighted by Crippen LogP contribution is -2.39. The molecule has 0 atom stereocenters. The van der Waals surface area contributed by atoms with E-state index in [0.29, 0.717) is 12.5 Å². The molecule has 0 aliphatic carbocycles. The van der Waals surface area contributed by atoms with Gasteiger partial charge < -0.3 is 4.90 Å². The van der Waals surface area contributed by atoms with Gasteiger partial charge in [0.1, 0.15) is 0 Å². The summed E-state index contributed by atoms with van der Waals surface area (Å²) in [4.78, 5) is 25.6. The molecule has 2 aromatic rings. The van der Waals surface area contributed by atoms with Crippen molar-refractivity contribution in [3.05, 3.63) is 52.3 Å². The van der Waals surface area contributed by atoms with Crippen molar-refractivity contribution in [1.29, 1.82) is 0 Å². The normalized spacial score (nSPS) is 15.5. The van der Waals surface area contributed by atoms with Gasteiger partial charge in [-0.25, -0.2) is 4.68 Å². The van der Waals surface area contributed by atoms with Gasteiger partial charge in [0, 0.05) is 38.2 Å². The molecule has 1 saturated heterocycles. The van der Waals surface area contributed by atoms with Gasteiger partial charge in [0.25, 0.3) is 5.56 Å². The molecule has 0 radical (unpaired) electrons. The summed E-state index contributed by atoms with van der Waals surface area (Å²) in [6.45, 7) is 5.69. The molecule has 126 valence electrons. The van der Waals surface area contributed by atoms with Gasteiger partial charge in [-0.3, -0.25) is 9.59 Å². The number of carbonyl (C=O) groups excluding carboxylic acids is 1. The largest absolute Gasteiger partial charge is 0.343 e. The molecule has 1 aliphatic heterocycles. The summed E-state index contributed by atoms with van der Waals surface area (Å²) in [7, 11) is 0. The van der Waals surface area contributed by atoms with Crippen LogP contribution in [-0.2, 0) is 11.3 Å². The van der Waals surface area contributed by atoms with Crippen LogP contribution in [0.3, 0.4) is 0 Å². The van der Waals surface area contributed by atoms with Crippen LogP contribution in [0.4, 0.5) is 0 Å². The summed E-state index contributed by atoms with van der Waals surface area (Å²) in [6.07, 6.45) is 1.84. The molecule has 24 heavy (non-hydrogen) atoms. The molecule has 5 heteroatoms. The van der Waals surface area contributed by atoms with Crippen LogP contribution >= 0.6 is 0 Å². The molecule has 0 spiro atoms. The monoisotopic (exact) mass is 325 g/mol.